The van der Waals surface area contributed by atoms with Gasteiger partial charge in [-0.2, -0.15) is 9.97 Å². The van der Waals surface area contributed by atoms with Crippen LogP contribution in [0.3, 0.4) is 0 Å². The average Bonchev–Trinajstić information content (AvgIpc) is 3.42. The molecule has 4 aromatic rings. The van der Waals surface area contributed by atoms with E-state index < -0.39 is 0 Å². The van der Waals surface area contributed by atoms with Crippen molar-refractivity contribution < 1.29 is 0 Å². The molecule has 9 heteroatoms. The number of nitrogens with zero attached hydrogens (tertiary/aromatic N) is 7. The molecule has 0 radical (unpaired) electrons. The van der Waals surface area contributed by atoms with Crippen molar-refractivity contribution in [2.24, 2.45) is 0 Å². The molecule has 1 atom stereocenters. The molecule has 1 unspecified atom stereocenters. The van der Waals surface area contributed by atoms with Crippen LogP contribution in [0.1, 0.15) is 17.7 Å². The molecule has 0 aliphatic carbocycles. The molecule has 2 N–H and O–H groups in total. The number of aromatic nitrogens is 5. The van der Waals surface area contributed by atoms with Gasteiger partial charge >= 0.3 is 0 Å². The van der Waals surface area contributed by atoms with E-state index in [9.17, 15) is 0 Å². The Morgan fingerprint density at radius 3 is 2.61 bits per heavy atom. The third-order valence-electron chi connectivity index (χ3n) is 5.94. The van der Waals surface area contributed by atoms with Crippen LogP contribution in [0.5, 0.6) is 0 Å². The minimum Gasteiger partial charge on any atom is -0.355 e. The van der Waals surface area contributed by atoms with Crippen LogP contribution in [0.15, 0.2) is 48.9 Å². The highest BCUT2D eigenvalue weighted by Crippen LogP contribution is 2.27. The summed E-state index contributed by atoms with van der Waals surface area (Å²) in [5.41, 5.74) is 3.89. The third kappa shape index (κ3) is 4.73. The zero-order valence-electron chi connectivity index (χ0n) is 19.4. The molecule has 9 nitrogen and oxygen atoms in total. The van der Waals surface area contributed by atoms with Crippen molar-refractivity contribution in [3.8, 4) is 0 Å². The fourth-order valence-electron chi connectivity index (χ4n) is 4.24. The van der Waals surface area contributed by atoms with Gasteiger partial charge < -0.3 is 24.8 Å². The van der Waals surface area contributed by atoms with Crippen molar-refractivity contribution in [2.75, 3.05) is 42.7 Å². The van der Waals surface area contributed by atoms with Gasteiger partial charge in [0.2, 0.25) is 5.95 Å². The fourth-order valence-corrected chi connectivity index (χ4v) is 4.24. The van der Waals surface area contributed by atoms with E-state index in [0.717, 1.165) is 59.6 Å². The standard InChI is InChI=1S/C24H29N9/c1-16-11-17(2)26-20(12-16)28-24-29-21(27-18-5-8-32-10-7-25-22(32)13-18)14-23(30-24)33-9-6-19(15-33)31(3)4/h5,7-8,10-14,19H,6,9,15H2,1-4H3,(H2,26,27,28,29,30). The predicted octanol–water partition coefficient (Wildman–Crippen LogP) is 3.76. The molecule has 0 bridgehead atoms. The Hall–Kier alpha value is -3.72. The van der Waals surface area contributed by atoms with Gasteiger partial charge in [-0.05, 0) is 58.1 Å². The van der Waals surface area contributed by atoms with Gasteiger partial charge in [0.1, 0.15) is 23.1 Å². The lowest BCUT2D eigenvalue weighted by atomic mass is 10.2. The molecular formula is C24H29N9. The summed E-state index contributed by atoms with van der Waals surface area (Å²) < 4.78 is 1.97. The number of imidazole rings is 1. The number of nitrogens with one attached hydrogen (secondary N) is 2. The molecule has 33 heavy (non-hydrogen) atoms. The lowest BCUT2D eigenvalue weighted by Gasteiger charge is -2.22. The third-order valence-corrected chi connectivity index (χ3v) is 5.94. The molecule has 0 amide bonds. The van der Waals surface area contributed by atoms with Gasteiger partial charge in [0.05, 0.1) is 0 Å². The number of hydrogen-bond donors (Lipinski definition) is 2. The van der Waals surface area contributed by atoms with Crippen molar-refractivity contribution >= 4 is 34.7 Å². The Labute approximate surface area is 193 Å². The van der Waals surface area contributed by atoms with Crippen LogP contribution in [0.2, 0.25) is 0 Å². The Morgan fingerprint density at radius 2 is 1.82 bits per heavy atom. The second kappa shape index (κ2) is 8.67. The summed E-state index contributed by atoms with van der Waals surface area (Å²) in [5, 5.41) is 6.74. The summed E-state index contributed by atoms with van der Waals surface area (Å²) in [7, 11) is 4.26. The van der Waals surface area contributed by atoms with Gasteiger partial charge in [-0.15, -0.1) is 0 Å². The maximum absolute atomic E-state index is 4.84. The number of fused-ring (bicyclic) bond motifs is 1. The van der Waals surface area contributed by atoms with Crippen LogP contribution in [-0.4, -0.2) is 62.5 Å². The van der Waals surface area contributed by atoms with Crippen molar-refractivity contribution in [3.63, 3.8) is 0 Å². The average molecular weight is 444 g/mol. The van der Waals surface area contributed by atoms with E-state index in [1.54, 1.807) is 6.20 Å². The van der Waals surface area contributed by atoms with Crippen LogP contribution in [-0.2, 0) is 0 Å². The van der Waals surface area contributed by atoms with Gasteiger partial charge in [0.15, 0.2) is 0 Å². The van der Waals surface area contributed by atoms with E-state index in [4.69, 9.17) is 9.97 Å². The minimum absolute atomic E-state index is 0.511. The maximum Gasteiger partial charge on any atom is 0.232 e. The summed E-state index contributed by atoms with van der Waals surface area (Å²) in [5.74, 6) is 2.87. The highest BCUT2D eigenvalue weighted by molar-refractivity contribution is 5.66. The van der Waals surface area contributed by atoms with Crippen molar-refractivity contribution in [1.29, 1.82) is 0 Å². The van der Waals surface area contributed by atoms with Gasteiger partial charge in [0, 0.05) is 61.2 Å². The van der Waals surface area contributed by atoms with Gasteiger partial charge in [-0.25, -0.2) is 9.97 Å². The molecule has 5 rings (SSSR count). The first-order chi connectivity index (χ1) is 15.9. The van der Waals surface area contributed by atoms with E-state index in [1.165, 1.54) is 0 Å². The molecule has 170 valence electrons. The molecule has 4 aromatic heterocycles. The Bertz CT molecular complexity index is 1260. The molecule has 1 saturated heterocycles. The second-order valence-corrected chi connectivity index (χ2v) is 8.82. The summed E-state index contributed by atoms with van der Waals surface area (Å²) in [6, 6.07) is 10.6. The SMILES string of the molecule is Cc1cc(C)nc(Nc2nc(Nc3ccn4ccnc4c3)cc(N3CCC(N(C)C)C3)n2)c1. The number of anilines is 5. The summed E-state index contributed by atoms with van der Waals surface area (Å²) in [4.78, 5) is 23.1. The number of aryl methyl sites for hydroxylation is 2. The maximum atomic E-state index is 4.84. The molecule has 5 heterocycles. The summed E-state index contributed by atoms with van der Waals surface area (Å²) >= 11 is 0. The Morgan fingerprint density at radius 1 is 0.970 bits per heavy atom. The zero-order valence-corrected chi connectivity index (χ0v) is 19.4. The molecule has 1 aliphatic heterocycles. The Kier molecular flexibility index (Phi) is 5.55. The number of likely N-dealkylation sites (N-methyl/N-ethyl adjacent to an activating group) is 1. The fraction of sp³-hybridized carbons (Fsp3) is 0.333. The largest absolute Gasteiger partial charge is 0.355 e. The Balaban J connectivity index is 1.47. The quantitative estimate of drug-likeness (QED) is 0.466. The monoisotopic (exact) mass is 443 g/mol. The van der Waals surface area contributed by atoms with Crippen LogP contribution in [0, 0.1) is 13.8 Å². The lowest BCUT2D eigenvalue weighted by molar-refractivity contribution is 0.315. The normalized spacial score (nSPS) is 16.0. The molecule has 0 aromatic carbocycles. The number of pyridine rings is 2. The molecule has 1 aliphatic rings. The number of hydrogen-bond acceptors (Lipinski definition) is 8. The highest BCUT2D eigenvalue weighted by Gasteiger charge is 2.25. The van der Waals surface area contributed by atoms with Gasteiger partial charge in [0.25, 0.3) is 0 Å². The van der Waals surface area contributed by atoms with Crippen molar-refractivity contribution in [1.82, 2.24) is 29.2 Å². The molecule has 0 spiro atoms. The van der Waals surface area contributed by atoms with Gasteiger partial charge in [-0.3, -0.25) is 0 Å². The van der Waals surface area contributed by atoms with Crippen LogP contribution < -0.4 is 15.5 Å². The van der Waals surface area contributed by atoms with Crippen LogP contribution in [0.25, 0.3) is 5.65 Å². The first-order valence-corrected chi connectivity index (χ1v) is 11.2. The smallest absolute Gasteiger partial charge is 0.232 e. The van der Waals surface area contributed by atoms with E-state index in [-0.39, 0.29) is 0 Å². The highest BCUT2D eigenvalue weighted by atomic mass is 15.3. The minimum atomic E-state index is 0.511. The zero-order chi connectivity index (χ0) is 22.9. The first kappa shape index (κ1) is 21.1. The second-order valence-electron chi connectivity index (χ2n) is 8.82. The van der Waals surface area contributed by atoms with Crippen LogP contribution >= 0.6 is 0 Å². The first-order valence-electron chi connectivity index (χ1n) is 11.2. The van der Waals surface area contributed by atoms with Crippen LogP contribution in [0.4, 0.5) is 29.1 Å². The van der Waals surface area contributed by atoms with E-state index in [2.05, 4.69) is 51.4 Å². The van der Waals surface area contributed by atoms with Gasteiger partial charge in [-0.1, -0.05) is 0 Å². The summed E-state index contributed by atoms with van der Waals surface area (Å²) in [6.45, 7) is 5.94. The topological polar surface area (TPSA) is 86.5 Å². The van der Waals surface area contributed by atoms with E-state index in [0.29, 0.717) is 12.0 Å². The van der Waals surface area contributed by atoms with Crippen molar-refractivity contribution in [3.05, 3.63) is 60.2 Å². The van der Waals surface area contributed by atoms with E-state index >= 15 is 0 Å². The predicted molar refractivity (Wildman–Crippen MR) is 132 cm³/mol. The molecule has 0 saturated carbocycles. The van der Waals surface area contributed by atoms with E-state index in [1.807, 2.05) is 54.0 Å². The lowest BCUT2D eigenvalue weighted by Crippen LogP contribution is -2.31. The molecular weight excluding hydrogens is 414 g/mol. The van der Waals surface area contributed by atoms with Crippen molar-refractivity contribution in [2.45, 2.75) is 26.3 Å². The molecule has 1 fully saturated rings. The summed E-state index contributed by atoms with van der Waals surface area (Å²) in [6.07, 6.45) is 6.80. The number of rotatable bonds is 6.